The molecule has 0 radical (unpaired) electrons. The lowest BCUT2D eigenvalue weighted by Crippen LogP contribution is -2.57. The average molecular weight is 505 g/mol. The third kappa shape index (κ3) is 9.06. The highest BCUT2D eigenvalue weighted by Crippen LogP contribution is 2.12. The summed E-state index contributed by atoms with van der Waals surface area (Å²) >= 11 is 0. The van der Waals surface area contributed by atoms with Gasteiger partial charge in [-0.05, 0) is 24.1 Å². The molecule has 0 aliphatic carbocycles. The lowest BCUT2D eigenvalue weighted by molar-refractivity contribution is -0.143. The molecule has 0 spiro atoms. The SMILES string of the molecule is NCC(=O)NC(Cc1cnc[nH]1)C(=O)NC(Cc1ccc(O)cc1)C(=O)NC(CCC(=O)O)C(=O)O. The van der Waals surface area contributed by atoms with Gasteiger partial charge < -0.3 is 42.0 Å². The topological polar surface area (TPSA) is 237 Å². The van der Waals surface area contributed by atoms with Gasteiger partial charge in [0.15, 0.2) is 0 Å². The number of nitrogens with zero attached hydrogens (tertiary/aromatic N) is 1. The number of rotatable bonds is 14. The predicted octanol–water partition coefficient (Wildman–Crippen LogP) is -1.74. The number of phenols is 1. The van der Waals surface area contributed by atoms with Crippen LogP contribution in [0.3, 0.4) is 0 Å². The zero-order valence-corrected chi connectivity index (χ0v) is 19.1. The van der Waals surface area contributed by atoms with E-state index in [2.05, 4.69) is 25.9 Å². The van der Waals surface area contributed by atoms with Crippen LogP contribution in [0.5, 0.6) is 5.75 Å². The number of hydrogen-bond donors (Lipinski definition) is 8. The van der Waals surface area contributed by atoms with Crippen molar-refractivity contribution in [3.8, 4) is 5.75 Å². The molecule has 0 bridgehead atoms. The Morgan fingerprint density at radius 1 is 0.917 bits per heavy atom. The minimum atomic E-state index is -1.51. The third-order valence-electron chi connectivity index (χ3n) is 5.09. The molecule has 36 heavy (non-hydrogen) atoms. The highest BCUT2D eigenvalue weighted by Gasteiger charge is 2.30. The first kappa shape index (κ1) is 27.8. The molecule has 1 heterocycles. The Hall–Kier alpha value is -4.46. The maximum absolute atomic E-state index is 13.1. The summed E-state index contributed by atoms with van der Waals surface area (Å²) in [6.45, 7) is -0.381. The summed E-state index contributed by atoms with van der Waals surface area (Å²) < 4.78 is 0. The molecule has 14 heteroatoms. The van der Waals surface area contributed by atoms with Crippen LogP contribution in [-0.4, -0.2) is 79.6 Å². The summed E-state index contributed by atoms with van der Waals surface area (Å²) in [6.07, 6.45) is 1.88. The summed E-state index contributed by atoms with van der Waals surface area (Å²) in [4.78, 5) is 67.1. The molecule has 3 atom stereocenters. The highest BCUT2D eigenvalue weighted by atomic mass is 16.4. The number of aliphatic carboxylic acids is 2. The largest absolute Gasteiger partial charge is 0.508 e. The number of phenolic OH excluding ortho intramolecular Hbond substituents is 1. The van der Waals surface area contributed by atoms with Crippen molar-refractivity contribution in [3.05, 3.63) is 48.0 Å². The Labute approximate surface area is 205 Å². The fourth-order valence-corrected chi connectivity index (χ4v) is 3.23. The van der Waals surface area contributed by atoms with Crippen molar-refractivity contribution in [1.82, 2.24) is 25.9 Å². The molecule has 9 N–H and O–H groups in total. The van der Waals surface area contributed by atoms with E-state index in [9.17, 15) is 34.2 Å². The van der Waals surface area contributed by atoms with E-state index >= 15 is 0 Å². The van der Waals surface area contributed by atoms with Gasteiger partial charge in [-0.25, -0.2) is 9.78 Å². The Bertz CT molecular complexity index is 1060. The van der Waals surface area contributed by atoms with Crippen LogP contribution in [0.2, 0.25) is 0 Å². The molecule has 0 saturated carbocycles. The molecular weight excluding hydrogens is 476 g/mol. The normalized spacial score (nSPS) is 13.1. The van der Waals surface area contributed by atoms with Crippen LogP contribution in [0, 0.1) is 0 Å². The Morgan fingerprint density at radius 2 is 1.53 bits per heavy atom. The number of carbonyl (C=O) groups is 5. The molecule has 1 aromatic heterocycles. The smallest absolute Gasteiger partial charge is 0.326 e. The third-order valence-corrected chi connectivity index (χ3v) is 5.09. The second-order valence-electron chi connectivity index (χ2n) is 7.87. The molecule has 14 nitrogen and oxygen atoms in total. The van der Waals surface area contributed by atoms with Crippen molar-refractivity contribution < 1.29 is 39.3 Å². The van der Waals surface area contributed by atoms with E-state index in [0.717, 1.165) is 0 Å². The van der Waals surface area contributed by atoms with Gasteiger partial charge in [0, 0.05) is 31.2 Å². The summed E-state index contributed by atoms with van der Waals surface area (Å²) in [6, 6.07) is 1.83. The van der Waals surface area contributed by atoms with Gasteiger partial charge in [0.25, 0.3) is 0 Å². The number of aromatic nitrogens is 2. The molecule has 1 aromatic carbocycles. The van der Waals surface area contributed by atoms with E-state index in [4.69, 9.17) is 10.8 Å². The van der Waals surface area contributed by atoms with Gasteiger partial charge in [0.05, 0.1) is 12.9 Å². The first-order valence-corrected chi connectivity index (χ1v) is 10.9. The van der Waals surface area contributed by atoms with Crippen LogP contribution in [-0.2, 0) is 36.8 Å². The number of nitrogens with two attached hydrogens (primary N) is 1. The molecule has 0 saturated heterocycles. The second kappa shape index (κ2) is 13.4. The van der Waals surface area contributed by atoms with Crippen molar-refractivity contribution in [3.63, 3.8) is 0 Å². The maximum atomic E-state index is 13.1. The quantitative estimate of drug-likeness (QED) is 0.144. The van der Waals surface area contributed by atoms with Crippen molar-refractivity contribution in [1.29, 1.82) is 0 Å². The monoisotopic (exact) mass is 504 g/mol. The summed E-state index contributed by atoms with van der Waals surface area (Å²) in [5, 5.41) is 35.0. The molecule has 194 valence electrons. The average Bonchev–Trinajstić information content (AvgIpc) is 3.34. The number of H-pyrrole nitrogens is 1. The van der Waals surface area contributed by atoms with Gasteiger partial charge in [-0.3, -0.25) is 19.2 Å². The van der Waals surface area contributed by atoms with E-state index in [1.807, 2.05) is 0 Å². The number of carbonyl (C=O) groups excluding carboxylic acids is 3. The van der Waals surface area contributed by atoms with E-state index in [-0.39, 0.29) is 31.6 Å². The lowest BCUT2D eigenvalue weighted by atomic mass is 10.0. The van der Waals surface area contributed by atoms with Gasteiger partial charge in [-0.1, -0.05) is 12.1 Å². The zero-order chi connectivity index (χ0) is 26.7. The highest BCUT2D eigenvalue weighted by molar-refractivity contribution is 5.94. The van der Waals surface area contributed by atoms with E-state index in [1.165, 1.54) is 36.8 Å². The molecule has 0 aliphatic rings. The fraction of sp³-hybridized carbons (Fsp3) is 0.364. The molecule has 3 unspecified atom stereocenters. The van der Waals surface area contributed by atoms with E-state index in [0.29, 0.717) is 11.3 Å². The number of benzene rings is 1. The van der Waals surface area contributed by atoms with Crippen LogP contribution in [0.4, 0.5) is 0 Å². The first-order valence-electron chi connectivity index (χ1n) is 10.9. The number of carboxylic acids is 2. The van der Waals surface area contributed by atoms with Crippen LogP contribution < -0.4 is 21.7 Å². The van der Waals surface area contributed by atoms with Crippen LogP contribution in [0.15, 0.2) is 36.8 Å². The Balaban J connectivity index is 2.25. The molecular formula is C22H28N6O8. The van der Waals surface area contributed by atoms with E-state index in [1.54, 1.807) is 0 Å². The minimum absolute atomic E-state index is 0.00147. The van der Waals surface area contributed by atoms with Gasteiger partial charge in [0.1, 0.15) is 23.9 Å². The van der Waals surface area contributed by atoms with Gasteiger partial charge in [-0.2, -0.15) is 0 Å². The van der Waals surface area contributed by atoms with Crippen LogP contribution in [0.25, 0.3) is 0 Å². The fourth-order valence-electron chi connectivity index (χ4n) is 3.23. The summed E-state index contributed by atoms with van der Waals surface area (Å²) in [5.41, 5.74) is 6.39. The van der Waals surface area contributed by atoms with Crippen molar-refractivity contribution in [2.75, 3.05) is 6.54 Å². The summed E-state index contributed by atoms with van der Waals surface area (Å²) in [5.74, 6) is -4.93. The van der Waals surface area contributed by atoms with Crippen molar-refractivity contribution in [2.45, 2.75) is 43.8 Å². The van der Waals surface area contributed by atoms with E-state index < -0.39 is 54.2 Å². The minimum Gasteiger partial charge on any atom is -0.508 e. The first-order chi connectivity index (χ1) is 17.1. The number of imidazole rings is 1. The van der Waals surface area contributed by atoms with Gasteiger partial charge in [0.2, 0.25) is 17.7 Å². The predicted molar refractivity (Wildman–Crippen MR) is 123 cm³/mol. The molecule has 0 aliphatic heterocycles. The van der Waals surface area contributed by atoms with Crippen molar-refractivity contribution in [2.24, 2.45) is 5.73 Å². The van der Waals surface area contributed by atoms with Crippen molar-refractivity contribution >= 4 is 29.7 Å². The molecule has 0 fully saturated rings. The number of amides is 3. The Kier molecular flexibility index (Phi) is 10.4. The maximum Gasteiger partial charge on any atom is 0.326 e. The summed E-state index contributed by atoms with van der Waals surface area (Å²) in [7, 11) is 0. The van der Waals surface area contributed by atoms with Crippen LogP contribution in [0.1, 0.15) is 24.1 Å². The standard InChI is InChI=1S/C22H28N6O8/c23-9-18(30)26-17(8-13-10-24-11-25-13)21(34)28-16(7-12-1-3-14(29)4-2-12)20(33)27-15(22(35)36)5-6-19(31)32/h1-4,10-11,15-17,29H,5-9,23H2,(H,24,25)(H,26,30)(H,27,33)(H,28,34)(H,31,32)(H,35,36). The molecule has 2 aromatic rings. The van der Waals surface area contributed by atoms with Gasteiger partial charge in [-0.15, -0.1) is 0 Å². The zero-order valence-electron chi connectivity index (χ0n) is 19.1. The van der Waals surface area contributed by atoms with Crippen LogP contribution >= 0.6 is 0 Å². The lowest BCUT2D eigenvalue weighted by Gasteiger charge is -2.24. The molecule has 2 rings (SSSR count). The number of nitrogens with one attached hydrogen (secondary N) is 4. The Morgan fingerprint density at radius 3 is 2.06 bits per heavy atom. The number of hydrogen-bond acceptors (Lipinski definition) is 8. The number of aromatic amines is 1. The second-order valence-corrected chi connectivity index (χ2v) is 7.87. The molecule has 3 amide bonds. The number of carboxylic acid groups (broad SMARTS) is 2. The number of aromatic hydroxyl groups is 1. The van der Waals surface area contributed by atoms with Gasteiger partial charge >= 0.3 is 11.9 Å².